The number of halogens is 1. The smallest absolute Gasteiger partial charge is 0.338 e. The molecule has 1 saturated carbocycles. The Morgan fingerprint density at radius 1 is 0.909 bits per heavy atom. The van der Waals surface area contributed by atoms with E-state index in [4.69, 9.17) is 9.16 Å². The van der Waals surface area contributed by atoms with E-state index in [0.29, 0.717) is 18.6 Å². The molecular formula is C28H31FO3Si. The SMILES string of the molecule is CC(C)(C)[Si](OC[C@H]1C[C@]1(F)COC(=O)c1ccccc1)(c1ccccc1)c1ccccc1. The van der Waals surface area contributed by atoms with E-state index < -0.39 is 20.0 Å². The molecule has 5 heteroatoms. The van der Waals surface area contributed by atoms with E-state index in [0.717, 1.165) is 0 Å². The summed E-state index contributed by atoms with van der Waals surface area (Å²) in [7, 11) is -2.71. The zero-order chi connectivity index (χ0) is 23.5. The number of esters is 1. The van der Waals surface area contributed by atoms with E-state index in [1.54, 1.807) is 24.3 Å². The lowest BCUT2D eigenvalue weighted by molar-refractivity contribution is 0.0330. The molecular weight excluding hydrogens is 431 g/mol. The van der Waals surface area contributed by atoms with E-state index >= 15 is 4.39 Å². The molecule has 0 unspecified atom stereocenters. The summed E-state index contributed by atoms with van der Waals surface area (Å²) in [6, 6.07) is 29.4. The van der Waals surface area contributed by atoms with Crippen LogP contribution in [0, 0.1) is 5.92 Å². The van der Waals surface area contributed by atoms with Gasteiger partial charge in [0.15, 0.2) is 0 Å². The van der Waals surface area contributed by atoms with E-state index in [2.05, 4.69) is 45.0 Å². The van der Waals surface area contributed by atoms with E-state index in [1.165, 1.54) is 10.4 Å². The monoisotopic (exact) mass is 462 g/mol. The first-order valence-corrected chi connectivity index (χ1v) is 13.3. The lowest BCUT2D eigenvalue weighted by atomic mass is 10.2. The van der Waals surface area contributed by atoms with Crippen LogP contribution < -0.4 is 10.4 Å². The zero-order valence-electron chi connectivity index (χ0n) is 19.5. The maximum Gasteiger partial charge on any atom is 0.338 e. The van der Waals surface area contributed by atoms with Crippen LogP contribution in [0.4, 0.5) is 4.39 Å². The number of carbonyl (C=O) groups excluding carboxylic acids is 1. The van der Waals surface area contributed by atoms with E-state index in [1.807, 2.05) is 42.5 Å². The average molecular weight is 463 g/mol. The lowest BCUT2D eigenvalue weighted by Gasteiger charge is -2.43. The van der Waals surface area contributed by atoms with Crippen LogP contribution in [-0.2, 0) is 9.16 Å². The Morgan fingerprint density at radius 2 is 1.39 bits per heavy atom. The second-order valence-corrected chi connectivity index (χ2v) is 14.2. The number of ether oxygens (including phenoxy) is 1. The summed E-state index contributed by atoms with van der Waals surface area (Å²) < 4.78 is 27.5. The second-order valence-electron chi connectivity index (χ2n) is 9.85. The maximum absolute atomic E-state index is 15.4. The highest BCUT2D eigenvalue weighted by molar-refractivity contribution is 6.99. The van der Waals surface area contributed by atoms with Crippen molar-refractivity contribution in [2.45, 2.75) is 37.9 Å². The van der Waals surface area contributed by atoms with Crippen molar-refractivity contribution in [2.24, 2.45) is 5.92 Å². The summed E-state index contributed by atoms with van der Waals surface area (Å²) in [6.07, 6.45) is 0.341. The van der Waals surface area contributed by atoms with Gasteiger partial charge in [-0.15, -0.1) is 0 Å². The van der Waals surface area contributed by atoms with Crippen molar-refractivity contribution in [1.82, 2.24) is 0 Å². The third-order valence-electron chi connectivity index (χ3n) is 6.53. The molecule has 1 aliphatic rings. The van der Waals surface area contributed by atoms with Gasteiger partial charge in [-0.25, -0.2) is 9.18 Å². The molecule has 2 atom stereocenters. The first kappa shape index (κ1) is 23.4. The van der Waals surface area contributed by atoms with Crippen molar-refractivity contribution in [1.29, 1.82) is 0 Å². The highest BCUT2D eigenvalue weighted by Gasteiger charge is 2.59. The second kappa shape index (κ2) is 9.24. The van der Waals surface area contributed by atoms with Gasteiger partial charge in [0.2, 0.25) is 0 Å². The van der Waals surface area contributed by atoms with Crippen molar-refractivity contribution in [3.63, 3.8) is 0 Å². The quantitative estimate of drug-likeness (QED) is 0.343. The van der Waals surface area contributed by atoms with Crippen LogP contribution in [0.5, 0.6) is 0 Å². The van der Waals surface area contributed by atoms with Gasteiger partial charge in [-0.2, -0.15) is 0 Å². The normalized spacial score (nSPS) is 20.3. The number of carbonyl (C=O) groups is 1. The Labute approximate surface area is 196 Å². The molecule has 1 aliphatic carbocycles. The third kappa shape index (κ3) is 4.80. The number of hydrogen-bond acceptors (Lipinski definition) is 3. The van der Waals surface area contributed by atoms with E-state index in [9.17, 15) is 4.79 Å². The fourth-order valence-electron chi connectivity index (χ4n) is 4.57. The van der Waals surface area contributed by atoms with Gasteiger partial charge in [0.25, 0.3) is 8.32 Å². The average Bonchev–Trinajstić information content (AvgIpc) is 3.49. The van der Waals surface area contributed by atoms with Crippen LogP contribution in [-0.4, -0.2) is 33.2 Å². The maximum atomic E-state index is 15.4. The molecule has 0 heterocycles. The van der Waals surface area contributed by atoms with Crippen molar-refractivity contribution in [3.8, 4) is 0 Å². The molecule has 3 aromatic carbocycles. The Bertz CT molecular complexity index is 1030. The predicted octanol–water partition coefficient (Wildman–Crippen LogP) is 5.15. The standard InChI is InChI=1S/C28H31FO3Si/c1-27(2,3)33(24-15-9-5-10-16-24,25-17-11-6-12-18-25)32-20-23-19-28(23,29)21-31-26(30)22-13-7-4-8-14-22/h4-18,23H,19-21H2,1-3H3/t23-,28+/m1/s1. The molecule has 1 fully saturated rings. The fraction of sp³-hybridized carbons (Fsp3) is 0.321. The van der Waals surface area contributed by atoms with Gasteiger partial charge in [0, 0.05) is 12.5 Å². The molecule has 0 amide bonds. The molecule has 172 valence electrons. The number of alkyl halides is 1. The van der Waals surface area contributed by atoms with Crippen molar-refractivity contribution >= 4 is 24.7 Å². The highest BCUT2D eigenvalue weighted by atomic mass is 28.4. The number of benzene rings is 3. The Morgan fingerprint density at radius 3 is 1.88 bits per heavy atom. The lowest BCUT2D eigenvalue weighted by Crippen LogP contribution is -2.66. The number of rotatable bonds is 8. The molecule has 0 bridgehead atoms. The topological polar surface area (TPSA) is 35.5 Å². The van der Waals surface area contributed by atoms with Crippen molar-refractivity contribution in [2.75, 3.05) is 13.2 Å². The molecule has 0 radical (unpaired) electrons. The van der Waals surface area contributed by atoms with Crippen molar-refractivity contribution < 1.29 is 18.3 Å². The van der Waals surface area contributed by atoms with Gasteiger partial charge in [0.05, 0.1) is 5.56 Å². The Hall–Kier alpha value is -2.76. The molecule has 3 nitrogen and oxygen atoms in total. The first-order valence-electron chi connectivity index (χ1n) is 11.4. The minimum Gasteiger partial charge on any atom is -0.459 e. The Kier molecular flexibility index (Phi) is 6.55. The van der Waals surface area contributed by atoms with Gasteiger partial charge in [0.1, 0.15) is 12.3 Å². The van der Waals surface area contributed by atoms with Gasteiger partial charge >= 0.3 is 5.97 Å². The van der Waals surface area contributed by atoms with Gasteiger partial charge < -0.3 is 9.16 Å². The van der Waals surface area contributed by atoms with E-state index in [-0.39, 0.29) is 17.6 Å². The molecule has 33 heavy (non-hydrogen) atoms. The highest BCUT2D eigenvalue weighted by Crippen LogP contribution is 2.49. The minimum absolute atomic E-state index is 0.163. The van der Waals surface area contributed by atoms with Crippen molar-refractivity contribution in [3.05, 3.63) is 96.6 Å². The molecule has 0 N–H and O–H groups in total. The van der Waals surface area contributed by atoms with Crippen LogP contribution >= 0.6 is 0 Å². The summed E-state index contributed by atoms with van der Waals surface area (Å²) in [4.78, 5) is 12.2. The van der Waals surface area contributed by atoms with Gasteiger partial charge in [-0.05, 0) is 34.0 Å². The van der Waals surface area contributed by atoms with Gasteiger partial charge in [-0.3, -0.25) is 0 Å². The summed E-state index contributed by atoms with van der Waals surface area (Å²) in [5.41, 5.74) is -1.10. The van der Waals surface area contributed by atoms with Crippen LogP contribution in [0.2, 0.25) is 5.04 Å². The summed E-state index contributed by atoms with van der Waals surface area (Å²) in [5.74, 6) is -0.783. The summed E-state index contributed by atoms with van der Waals surface area (Å²) >= 11 is 0. The molecule has 0 saturated heterocycles. The largest absolute Gasteiger partial charge is 0.459 e. The summed E-state index contributed by atoms with van der Waals surface area (Å²) in [6.45, 7) is 6.67. The van der Waals surface area contributed by atoms with Crippen LogP contribution in [0.15, 0.2) is 91.0 Å². The van der Waals surface area contributed by atoms with Crippen LogP contribution in [0.3, 0.4) is 0 Å². The molecule has 0 spiro atoms. The molecule has 3 aromatic rings. The molecule has 0 aliphatic heterocycles. The van der Waals surface area contributed by atoms with Gasteiger partial charge in [-0.1, -0.05) is 99.6 Å². The third-order valence-corrected chi connectivity index (χ3v) is 11.5. The van der Waals surface area contributed by atoms with Crippen LogP contribution in [0.25, 0.3) is 0 Å². The summed E-state index contributed by atoms with van der Waals surface area (Å²) in [5, 5.41) is 2.18. The molecule has 4 rings (SSSR count). The predicted molar refractivity (Wildman–Crippen MR) is 132 cm³/mol. The minimum atomic E-state index is -2.71. The number of hydrogen-bond donors (Lipinski definition) is 0. The zero-order valence-corrected chi connectivity index (χ0v) is 20.5. The molecule has 0 aromatic heterocycles. The Balaban J connectivity index is 1.51. The fourth-order valence-corrected chi connectivity index (χ4v) is 9.17. The van der Waals surface area contributed by atoms with Crippen LogP contribution in [0.1, 0.15) is 37.6 Å². The first-order chi connectivity index (χ1) is 15.8.